The smallest absolute Gasteiger partial charge is 0.165 e. The van der Waals surface area contributed by atoms with Crippen LogP contribution >= 0.6 is 23.4 Å². The summed E-state index contributed by atoms with van der Waals surface area (Å²) in [5, 5.41) is 1.34. The fourth-order valence-corrected chi connectivity index (χ4v) is 4.42. The molecule has 8 heteroatoms. The fourth-order valence-electron chi connectivity index (χ4n) is 3.45. The number of halogens is 1. The second-order valence-corrected chi connectivity index (χ2v) is 9.18. The van der Waals surface area contributed by atoms with E-state index in [1.54, 1.807) is 52.3 Å². The number of hydrogen-bond donors (Lipinski definition) is 0. The van der Waals surface area contributed by atoms with Crippen molar-refractivity contribution in [1.29, 1.82) is 0 Å². The lowest BCUT2D eigenvalue weighted by atomic mass is 10.1. The molecule has 0 fully saturated rings. The summed E-state index contributed by atoms with van der Waals surface area (Å²) in [6.45, 7) is 3.43. The molecule has 0 heterocycles. The molecule has 0 spiro atoms. The van der Waals surface area contributed by atoms with Crippen molar-refractivity contribution in [3.05, 3.63) is 76.8 Å². The minimum Gasteiger partial charge on any atom is -0.497 e. The molecule has 3 rings (SSSR count). The zero-order chi connectivity index (χ0) is 25.2. The van der Waals surface area contributed by atoms with Gasteiger partial charge in [-0.05, 0) is 47.2 Å². The highest BCUT2D eigenvalue weighted by Crippen LogP contribution is 2.38. The summed E-state index contributed by atoms with van der Waals surface area (Å²) in [5.74, 6) is 3.64. The Hall–Kier alpha value is -3.03. The molecular weight excluding hydrogens is 484 g/mol. The van der Waals surface area contributed by atoms with E-state index >= 15 is 0 Å². The van der Waals surface area contributed by atoms with Gasteiger partial charge in [0.1, 0.15) is 28.7 Å². The van der Waals surface area contributed by atoms with Gasteiger partial charge in [0.05, 0.1) is 33.5 Å². The van der Waals surface area contributed by atoms with Crippen LogP contribution in [0.3, 0.4) is 0 Å². The summed E-state index contributed by atoms with van der Waals surface area (Å²) in [7, 11) is 6.52. The number of rotatable bonds is 10. The lowest BCUT2D eigenvalue weighted by molar-refractivity contribution is 0.394. The van der Waals surface area contributed by atoms with Gasteiger partial charge < -0.3 is 23.8 Å². The van der Waals surface area contributed by atoms with E-state index in [9.17, 15) is 0 Å². The number of benzene rings is 3. The topological polar surface area (TPSA) is 52.5 Å². The van der Waals surface area contributed by atoms with Crippen LogP contribution in [-0.4, -0.2) is 44.3 Å². The first kappa shape index (κ1) is 26.6. The van der Waals surface area contributed by atoms with Crippen molar-refractivity contribution >= 4 is 34.2 Å². The Kier molecular flexibility index (Phi) is 9.99. The van der Waals surface area contributed by atoms with E-state index in [0.717, 1.165) is 33.5 Å². The lowest BCUT2D eigenvalue weighted by Gasteiger charge is -2.26. The summed E-state index contributed by atoms with van der Waals surface area (Å²) >= 11 is 8.09. The second kappa shape index (κ2) is 13.2. The Morgan fingerprint density at radius 2 is 1.29 bits per heavy atom. The van der Waals surface area contributed by atoms with Crippen LogP contribution in [-0.2, 0) is 13.1 Å². The molecule has 0 saturated carbocycles. The van der Waals surface area contributed by atoms with E-state index in [1.165, 1.54) is 0 Å². The molecule has 6 nitrogen and oxygen atoms in total. The molecule has 0 aliphatic rings. The van der Waals surface area contributed by atoms with Gasteiger partial charge in [-0.2, -0.15) is 0 Å². The van der Waals surface area contributed by atoms with Crippen molar-refractivity contribution < 1.29 is 18.9 Å². The molecule has 0 atom stereocenters. The first-order valence-electron chi connectivity index (χ1n) is 11.1. The lowest BCUT2D eigenvalue weighted by Crippen LogP contribution is -2.28. The SMILES string of the molecule is CCSC(=Nc1cc(Cl)c(OC)cc1OC)N(Cc1ccc(OC)cc1)Cc1ccc(OC)cc1. The number of ether oxygens (including phenoxy) is 4. The quantitative estimate of drug-likeness (QED) is 0.218. The molecule has 3 aromatic rings. The van der Waals surface area contributed by atoms with Gasteiger partial charge in [0.15, 0.2) is 5.17 Å². The van der Waals surface area contributed by atoms with Gasteiger partial charge >= 0.3 is 0 Å². The molecule has 35 heavy (non-hydrogen) atoms. The predicted molar refractivity (Wildman–Crippen MR) is 145 cm³/mol. The third-order valence-corrected chi connectivity index (χ3v) is 6.47. The number of thioether (sulfide) groups is 1. The van der Waals surface area contributed by atoms with E-state index in [1.807, 2.05) is 24.3 Å². The summed E-state index contributed by atoms with van der Waals surface area (Å²) in [5.41, 5.74) is 2.93. The molecular formula is C27H31ClN2O4S. The van der Waals surface area contributed by atoms with Crippen LogP contribution < -0.4 is 18.9 Å². The molecule has 3 aromatic carbocycles. The Morgan fingerprint density at radius 3 is 1.71 bits per heavy atom. The summed E-state index contributed by atoms with van der Waals surface area (Å²) in [6, 6.07) is 19.7. The summed E-state index contributed by atoms with van der Waals surface area (Å²) in [6.07, 6.45) is 0. The van der Waals surface area contributed by atoms with Crippen LogP contribution in [0.2, 0.25) is 5.02 Å². The van der Waals surface area contributed by atoms with Crippen LogP contribution in [0.1, 0.15) is 18.1 Å². The third-order valence-electron chi connectivity index (χ3n) is 5.28. The molecule has 0 aliphatic carbocycles. The van der Waals surface area contributed by atoms with E-state index in [0.29, 0.717) is 35.3 Å². The van der Waals surface area contributed by atoms with Crippen molar-refractivity contribution in [3.8, 4) is 23.0 Å². The minimum atomic E-state index is 0.477. The normalized spacial score (nSPS) is 11.2. The number of methoxy groups -OCH3 is 4. The second-order valence-electron chi connectivity index (χ2n) is 7.54. The molecule has 0 aliphatic heterocycles. The largest absolute Gasteiger partial charge is 0.497 e. The molecule has 0 unspecified atom stereocenters. The Labute approximate surface area is 216 Å². The van der Waals surface area contributed by atoms with Crippen molar-refractivity contribution in [3.63, 3.8) is 0 Å². The van der Waals surface area contributed by atoms with E-state index in [4.69, 9.17) is 35.5 Å². The Balaban J connectivity index is 2.03. The van der Waals surface area contributed by atoms with Crippen molar-refractivity contribution in [2.75, 3.05) is 34.2 Å². The average Bonchev–Trinajstić information content (AvgIpc) is 2.89. The summed E-state index contributed by atoms with van der Waals surface area (Å²) < 4.78 is 21.6. The van der Waals surface area contributed by atoms with Crippen molar-refractivity contribution in [2.45, 2.75) is 20.0 Å². The van der Waals surface area contributed by atoms with Crippen LogP contribution in [0.5, 0.6) is 23.0 Å². The highest BCUT2D eigenvalue weighted by molar-refractivity contribution is 8.13. The molecule has 0 bridgehead atoms. The highest BCUT2D eigenvalue weighted by atomic mass is 35.5. The van der Waals surface area contributed by atoms with Gasteiger partial charge in [-0.1, -0.05) is 54.6 Å². The maximum Gasteiger partial charge on any atom is 0.165 e. The average molecular weight is 515 g/mol. The first-order chi connectivity index (χ1) is 17.0. The summed E-state index contributed by atoms with van der Waals surface area (Å²) in [4.78, 5) is 7.25. The van der Waals surface area contributed by atoms with E-state index < -0.39 is 0 Å². The van der Waals surface area contributed by atoms with Gasteiger partial charge in [0, 0.05) is 19.2 Å². The van der Waals surface area contributed by atoms with E-state index in [2.05, 4.69) is 36.1 Å². The van der Waals surface area contributed by atoms with Crippen LogP contribution in [0.4, 0.5) is 5.69 Å². The van der Waals surface area contributed by atoms with Crippen LogP contribution in [0.25, 0.3) is 0 Å². The highest BCUT2D eigenvalue weighted by Gasteiger charge is 2.17. The van der Waals surface area contributed by atoms with Crippen molar-refractivity contribution in [1.82, 2.24) is 4.90 Å². The zero-order valence-electron chi connectivity index (χ0n) is 20.7. The number of aliphatic imine (C=N–C) groups is 1. The number of nitrogens with zero attached hydrogens (tertiary/aromatic N) is 2. The third kappa shape index (κ3) is 7.23. The van der Waals surface area contributed by atoms with Gasteiger partial charge in [0.25, 0.3) is 0 Å². The van der Waals surface area contributed by atoms with Crippen LogP contribution in [0.15, 0.2) is 65.7 Å². The number of hydrogen-bond acceptors (Lipinski definition) is 6. The fraction of sp³-hybridized carbons (Fsp3) is 0.296. The van der Waals surface area contributed by atoms with E-state index in [-0.39, 0.29) is 0 Å². The van der Waals surface area contributed by atoms with Crippen molar-refractivity contribution in [2.24, 2.45) is 4.99 Å². The minimum absolute atomic E-state index is 0.477. The monoisotopic (exact) mass is 514 g/mol. The van der Waals surface area contributed by atoms with Gasteiger partial charge in [0.2, 0.25) is 0 Å². The molecule has 0 saturated heterocycles. The Bertz CT molecular complexity index is 1070. The number of amidine groups is 1. The molecule has 186 valence electrons. The maximum absolute atomic E-state index is 6.42. The van der Waals surface area contributed by atoms with Gasteiger partial charge in [-0.3, -0.25) is 0 Å². The van der Waals surface area contributed by atoms with Gasteiger partial charge in [-0.15, -0.1) is 0 Å². The van der Waals surface area contributed by atoms with Gasteiger partial charge in [-0.25, -0.2) is 4.99 Å². The molecule has 0 amide bonds. The standard InChI is InChI=1S/C27H31ClN2O4S/c1-6-35-27(29-24-15-23(28)25(33-4)16-26(24)34-5)30(17-19-7-11-21(31-2)12-8-19)18-20-9-13-22(32-3)14-10-20/h7-16H,6,17-18H2,1-5H3. The predicted octanol–water partition coefficient (Wildman–Crippen LogP) is 6.82. The Morgan fingerprint density at radius 1 is 0.771 bits per heavy atom. The maximum atomic E-state index is 6.42. The zero-order valence-corrected chi connectivity index (χ0v) is 22.3. The van der Waals surface area contributed by atoms with Crippen LogP contribution in [0, 0.1) is 0 Å². The molecule has 0 radical (unpaired) electrons. The molecule has 0 aromatic heterocycles. The molecule has 0 N–H and O–H groups in total. The first-order valence-corrected chi connectivity index (χ1v) is 12.5.